The Morgan fingerprint density at radius 3 is 2.34 bits per heavy atom. The van der Waals surface area contributed by atoms with Crippen LogP contribution in [-0.2, 0) is 9.59 Å². The van der Waals surface area contributed by atoms with Crippen molar-refractivity contribution in [2.75, 3.05) is 10.2 Å². The molecular formula is C24H20ClN3O3S. The molecule has 32 heavy (non-hydrogen) atoms. The Bertz CT molecular complexity index is 1170. The zero-order valence-corrected chi connectivity index (χ0v) is 18.7. The summed E-state index contributed by atoms with van der Waals surface area (Å²) in [4.78, 5) is 44.5. The van der Waals surface area contributed by atoms with Gasteiger partial charge < -0.3 is 5.32 Å². The first-order valence-corrected chi connectivity index (χ1v) is 11.8. The third-order valence-corrected chi connectivity index (χ3v) is 6.99. The minimum atomic E-state index is -0.338. The Hall–Kier alpha value is -3.03. The molecule has 1 saturated heterocycles. The fraction of sp³-hybridized carbons (Fsp3) is 0.250. The van der Waals surface area contributed by atoms with Crippen LogP contribution in [0.15, 0.2) is 53.4 Å². The molecule has 1 aliphatic carbocycles. The monoisotopic (exact) mass is 465 g/mol. The average molecular weight is 466 g/mol. The van der Waals surface area contributed by atoms with Crippen molar-refractivity contribution >= 4 is 52.0 Å². The number of thiazole rings is 1. The van der Waals surface area contributed by atoms with Crippen molar-refractivity contribution in [3.8, 4) is 11.3 Å². The van der Waals surface area contributed by atoms with Crippen molar-refractivity contribution in [2.45, 2.75) is 25.7 Å². The Balaban J connectivity index is 1.42. The predicted octanol–water partition coefficient (Wildman–Crippen LogP) is 5.40. The van der Waals surface area contributed by atoms with Crippen LogP contribution in [-0.4, -0.2) is 22.7 Å². The minimum Gasteiger partial charge on any atom is -0.320 e. The summed E-state index contributed by atoms with van der Waals surface area (Å²) in [6, 6.07) is 11.9. The lowest BCUT2D eigenvalue weighted by molar-refractivity contribution is -0.122. The second-order valence-corrected chi connectivity index (χ2v) is 9.23. The van der Waals surface area contributed by atoms with Crippen LogP contribution in [0.25, 0.3) is 11.3 Å². The molecule has 6 nitrogen and oxygen atoms in total. The highest BCUT2D eigenvalue weighted by atomic mass is 35.5. The quantitative estimate of drug-likeness (QED) is 0.523. The summed E-state index contributed by atoms with van der Waals surface area (Å²) < 4.78 is 0. The number of imide groups is 1. The van der Waals surface area contributed by atoms with E-state index in [-0.39, 0.29) is 29.6 Å². The van der Waals surface area contributed by atoms with Gasteiger partial charge in [-0.15, -0.1) is 11.3 Å². The summed E-state index contributed by atoms with van der Waals surface area (Å²) in [7, 11) is 0. The highest BCUT2D eigenvalue weighted by Crippen LogP contribution is 2.42. The van der Waals surface area contributed by atoms with Gasteiger partial charge in [0.15, 0.2) is 0 Å². The molecular weight excluding hydrogens is 446 g/mol. The number of nitrogens with zero attached hydrogens (tertiary/aromatic N) is 2. The fourth-order valence-electron chi connectivity index (χ4n) is 4.54. The molecule has 1 aromatic heterocycles. The van der Waals surface area contributed by atoms with Crippen LogP contribution in [0.4, 0.5) is 11.4 Å². The van der Waals surface area contributed by atoms with Crippen molar-refractivity contribution < 1.29 is 14.4 Å². The van der Waals surface area contributed by atoms with E-state index in [9.17, 15) is 14.4 Å². The zero-order chi connectivity index (χ0) is 22.2. The van der Waals surface area contributed by atoms with Crippen LogP contribution in [0.2, 0.25) is 5.02 Å². The molecule has 2 aromatic carbocycles. The number of amides is 3. The molecule has 1 aliphatic heterocycles. The summed E-state index contributed by atoms with van der Waals surface area (Å²) >= 11 is 7.70. The maximum atomic E-state index is 13.1. The first-order chi connectivity index (χ1) is 15.5. The smallest absolute Gasteiger partial charge is 0.255 e. The van der Waals surface area contributed by atoms with E-state index in [1.165, 1.54) is 16.2 Å². The van der Waals surface area contributed by atoms with Crippen LogP contribution in [0, 0.1) is 11.8 Å². The molecule has 0 spiro atoms. The van der Waals surface area contributed by atoms with Crippen molar-refractivity contribution in [1.29, 1.82) is 0 Å². The van der Waals surface area contributed by atoms with Gasteiger partial charge in [0.1, 0.15) is 0 Å². The van der Waals surface area contributed by atoms with Crippen molar-refractivity contribution in [3.05, 3.63) is 63.9 Å². The summed E-state index contributed by atoms with van der Waals surface area (Å²) in [5.74, 6) is -1.31. The summed E-state index contributed by atoms with van der Waals surface area (Å²) in [6.07, 6.45) is 3.34. The summed E-state index contributed by atoms with van der Waals surface area (Å²) in [5, 5.41) is 5.18. The third kappa shape index (κ3) is 3.72. The number of aromatic nitrogens is 1. The molecule has 3 aromatic rings. The molecule has 2 atom stereocenters. The molecule has 2 fully saturated rings. The number of rotatable bonds is 4. The van der Waals surface area contributed by atoms with Gasteiger partial charge in [0.2, 0.25) is 11.8 Å². The lowest BCUT2D eigenvalue weighted by atomic mass is 9.81. The van der Waals surface area contributed by atoms with Gasteiger partial charge in [-0.2, -0.15) is 0 Å². The SMILES string of the molecule is O=C(Nc1ccc(Cl)cc1N1C(=O)C2CCCCC2C1=O)c1ccc(-c2cscn2)cc1. The lowest BCUT2D eigenvalue weighted by Gasteiger charge is -2.20. The van der Waals surface area contributed by atoms with Gasteiger partial charge in [-0.1, -0.05) is 36.6 Å². The number of nitrogens with one attached hydrogen (secondary N) is 1. The topological polar surface area (TPSA) is 79.4 Å². The Labute approximate surface area is 194 Å². The second kappa shape index (κ2) is 8.48. The summed E-state index contributed by atoms with van der Waals surface area (Å²) in [5.41, 5.74) is 4.70. The molecule has 8 heteroatoms. The molecule has 2 heterocycles. The third-order valence-electron chi connectivity index (χ3n) is 6.17. The normalized spacial score (nSPS) is 20.3. The first-order valence-electron chi connectivity index (χ1n) is 10.5. The number of benzene rings is 2. The number of halogens is 1. The van der Waals surface area contributed by atoms with Crippen LogP contribution in [0.1, 0.15) is 36.0 Å². The Morgan fingerprint density at radius 2 is 1.72 bits per heavy atom. The standard InChI is InChI=1S/C24H20ClN3O3S/c25-16-9-10-19(21(11-16)28-23(30)17-3-1-2-4-18(17)24(28)31)27-22(29)15-7-5-14(6-8-15)20-12-32-13-26-20/h5-13,17-18H,1-4H2,(H,27,29). The van der Waals surface area contributed by atoms with Gasteiger partial charge in [0, 0.05) is 21.5 Å². The van der Waals surface area contributed by atoms with E-state index in [0.29, 0.717) is 22.0 Å². The van der Waals surface area contributed by atoms with E-state index in [0.717, 1.165) is 36.9 Å². The number of fused-ring (bicyclic) bond motifs is 1. The highest BCUT2D eigenvalue weighted by Gasteiger charge is 2.49. The molecule has 1 N–H and O–H groups in total. The maximum Gasteiger partial charge on any atom is 0.255 e. The van der Waals surface area contributed by atoms with E-state index in [1.807, 2.05) is 17.5 Å². The van der Waals surface area contributed by atoms with Gasteiger partial charge in [0.05, 0.1) is 34.4 Å². The van der Waals surface area contributed by atoms with Crippen molar-refractivity contribution in [3.63, 3.8) is 0 Å². The van der Waals surface area contributed by atoms with Gasteiger partial charge in [-0.3, -0.25) is 14.4 Å². The number of hydrogen-bond donors (Lipinski definition) is 1. The lowest BCUT2D eigenvalue weighted by Crippen LogP contribution is -2.32. The number of carbonyl (C=O) groups is 3. The second-order valence-electron chi connectivity index (χ2n) is 8.08. The average Bonchev–Trinajstić information content (AvgIpc) is 3.43. The van der Waals surface area contributed by atoms with Crippen LogP contribution < -0.4 is 10.2 Å². The van der Waals surface area contributed by atoms with Crippen molar-refractivity contribution in [1.82, 2.24) is 4.98 Å². The van der Waals surface area contributed by atoms with Crippen LogP contribution in [0.5, 0.6) is 0 Å². The molecule has 0 bridgehead atoms. The molecule has 2 unspecified atom stereocenters. The Kier molecular flexibility index (Phi) is 5.53. The maximum absolute atomic E-state index is 13.1. The van der Waals surface area contributed by atoms with Gasteiger partial charge in [-0.25, -0.2) is 9.88 Å². The minimum absolute atomic E-state index is 0.204. The number of carbonyl (C=O) groups excluding carboxylic acids is 3. The van der Waals surface area contributed by atoms with Gasteiger partial charge in [0.25, 0.3) is 5.91 Å². The van der Waals surface area contributed by atoms with Gasteiger partial charge >= 0.3 is 0 Å². The molecule has 1 saturated carbocycles. The van der Waals surface area contributed by atoms with Crippen LogP contribution in [0.3, 0.4) is 0 Å². The molecule has 2 aliphatic rings. The van der Waals surface area contributed by atoms with E-state index in [2.05, 4.69) is 10.3 Å². The predicted molar refractivity (Wildman–Crippen MR) is 125 cm³/mol. The fourth-order valence-corrected chi connectivity index (χ4v) is 5.26. The zero-order valence-electron chi connectivity index (χ0n) is 17.1. The molecule has 0 radical (unpaired) electrons. The van der Waals surface area contributed by atoms with Crippen molar-refractivity contribution in [2.24, 2.45) is 11.8 Å². The largest absolute Gasteiger partial charge is 0.320 e. The molecule has 162 valence electrons. The Morgan fingerprint density at radius 1 is 1.03 bits per heavy atom. The van der Waals surface area contributed by atoms with E-state index in [4.69, 9.17) is 11.6 Å². The van der Waals surface area contributed by atoms with E-state index in [1.54, 1.807) is 35.8 Å². The highest BCUT2D eigenvalue weighted by molar-refractivity contribution is 7.07. The van der Waals surface area contributed by atoms with E-state index < -0.39 is 0 Å². The number of hydrogen-bond acceptors (Lipinski definition) is 5. The van der Waals surface area contributed by atoms with E-state index >= 15 is 0 Å². The first kappa shape index (κ1) is 20.8. The van der Waals surface area contributed by atoms with Crippen LogP contribution >= 0.6 is 22.9 Å². The summed E-state index contributed by atoms with van der Waals surface area (Å²) in [6.45, 7) is 0. The molecule has 3 amide bonds. The molecule has 5 rings (SSSR count). The number of anilines is 2. The van der Waals surface area contributed by atoms with Gasteiger partial charge in [-0.05, 0) is 43.2 Å².